The monoisotopic (exact) mass is 277 g/mol. The van der Waals surface area contributed by atoms with Crippen LogP contribution in [0.1, 0.15) is 54.4 Å². The summed E-state index contributed by atoms with van der Waals surface area (Å²) in [5.74, 6) is 0.174. The van der Waals surface area contributed by atoms with Gasteiger partial charge in [0.2, 0.25) is 0 Å². The second kappa shape index (κ2) is 5.77. The van der Waals surface area contributed by atoms with Gasteiger partial charge >= 0.3 is 0 Å². The smallest absolute Gasteiger partial charge is 0.257 e. The molecule has 0 spiro atoms. The molecule has 2 heterocycles. The summed E-state index contributed by atoms with van der Waals surface area (Å²) in [7, 11) is 1.85. The molecule has 1 aliphatic rings. The topological polar surface area (TPSA) is 55.2 Å². The molecule has 1 aliphatic heterocycles. The zero-order chi connectivity index (χ0) is 14.9. The van der Waals surface area contributed by atoms with Crippen LogP contribution in [0.15, 0.2) is 0 Å². The fraction of sp³-hybridized carbons (Fsp3) is 0.667. The van der Waals surface area contributed by atoms with E-state index in [2.05, 4.69) is 5.10 Å². The fourth-order valence-electron chi connectivity index (χ4n) is 3.04. The summed E-state index contributed by atoms with van der Waals surface area (Å²) < 4.78 is 1.74. The minimum Gasteiger partial charge on any atom is -0.335 e. The minimum atomic E-state index is 0.0269. The van der Waals surface area contributed by atoms with Crippen LogP contribution in [0.4, 0.5) is 0 Å². The summed E-state index contributed by atoms with van der Waals surface area (Å²) in [6.45, 7) is 6.11. The van der Waals surface area contributed by atoms with Crippen molar-refractivity contribution >= 4 is 11.7 Å². The molecule has 1 unspecified atom stereocenters. The van der Waals surface area contributed by atoms with Crippen LogP contribution in [0, 0.1) is 13.8 Å². The van der Waals surface area contributed by atoms with E-state index in [0.717, 1.165) is 37.2 Å². The van der Waals surface area contributed by atoms with Crippen molar-refractivity contribution in [2.45, 2.75) is 52.5 Å². The first kappa shape index (κ1) is 14.8. The SMILES string of the molecule is CC(=O)CC1CCCCN1C(=O)c1c(C)nn(C)c1C. The van der Waals surface area contributed by atoms with E-state index in [0.29, 0.717) is 12.0 Å². The van der Waals surface area contributed by atoms with Gasteiger partial charge in [0.25, 0.3) is 5.91 Å². The lowest BCUT2D eigenvalue weighted by Crippen LogP contribution is -2.44. The zero-order valence-corrected chi connectivity index (χ0v) is 12.8. The van der Waals surface area contributed by atoms with Crippen LogP contribution in [0.25, 0.3) is 0 Å². The van der Waals surface area contributed by atoms with Crippen LogP contribution >= 0.6 is 0 Å². The molecule has 5 heteroatoms. The predicted octanol–water partition coefficient (Wildman–Crippen LogP) is 2.01. The molecule has 2 rings (SSSR count). The second-order valence-corrected chi connectivity index (χ2v) is 5.72. The molecule has 0 aromatic carbocycles. The lowest BCUT2D eigenvalue weighted by atomic mass is 9.96. The van der Waals surface area contributed by atoms with Gasteiger partial charge in [0.05, 0.1) is 11.3 Å². The first-order valence-corrected chi connectivity index (χ1v) is 7.22. The number of carbonyl (C=O) groups excluding carboxylic acids is 2. The Morgan fingerprint density at radius 2 is 2.00 bits per heavy atom. The third kappa shape index (κ3) is 2.76. The van der Waals surface area contributed by atoms with Gasteiger partial charge in [-0.05, 0) is 40.0 Å². The molecule has 110 valence electrons. The molecule has 0 aliphatic carbocycles. The summed E-state index contributed by atoms with van der Waals surface area (Å²) in [4.78, 5) is 26.1. The highest BCUT2D eigenvalue weighted by Gasteiger charge is 2.31. The number of hydrogen-bond acceptors (Lipinski definition) is 3. The van der Waals surface area contributed by atoms with E-state index >= 15 is 0 Å². The second-order valence-electron chi connectivity index (χ2n) is 5.72. The van der Waals surface area contributed by atoms with Crippen molar-refractivity contribution in [3.05, 3.63) is 17.0 Å². The Balaban J connectivity index is 2.27. The number of carbonyl (C=O) groups is 2. The molecule has 1 atom stereocenters. The zero-order valence-electron chi connectivity index (χ0n) is 12.8. The quantitative estimate of drug-likeness (QED) is 0.849. The van der Waals surface area contributed by atoms with Crippen molar-refractivity contribution in [2.24, 2.45) is 7.05 Å². The molecule has 1 aromatic rings. The van der Waals surface area contributed by atoms with E-state index in [1.54, 1.807) is 11.6 Å². The lowest BCUT2D eigenvalue weighted by Gasteiger charge is -2.35. The van der Waals surface area contributed by atoms with Crippen molar-refractivity contribution in [3.8, 4) is 0 Å². The van der Waals surface area contributed by atoms with Crippen LogP contribution in [0.3, 0.4) is 0 Å². The number of aromatic nitrogens is 2. The summed E-state index contributed by atoms with van der Waals surface area (Å²) >= 11 is 0. The Morgan fingerprint density at radius 1 is 1.30 bits per heavy atom. The number of amides is 1. The van der Waals surface area contributed by atoms with Gasteiger partial charge in [-0.25, -0.2) is 0 Å². The van der Waals surface area contributed by atoms with Crippen LogP contribution in [-0.4, -0.2) is 39.0 Å². The molecule has 1 fully saturated rings. The van der Waals surface area contributed by atoms with Gasteiger partial charge in [-0.2, -0.15) is 5.10 Å². The molecule has 1 aromatic heterocycles. The van der Waals surface area contributed by atoms with Gasteiger partial charge in [-0.3, -0.25) is 14.3 Å². The van der Waals surface area contributed by atoms with Gasteiger partial charge in [0, 0.05) is 31.7 Å². The van der Waals surface area contributed by atoms with Crippen LogP contribution in [0.5, 0.6) is 0 Å². The molecule has 0 N–H and O–H groups in total. The lowest BCUT2D eigenvalue weighted by molar-refractivity contribution is -0.118. The average Bonchev–Trinajstić information content (AvgIpc) is 2.62. The third-order valence-electron chi connectivity index (χ3n) is 4.13. The Morgan fingerprint density at radius 3 is 2.55 bits per heavy atom. The van der Waals surface area contributed by atoms with Crippen molar-refractivity contribution in [2.75, 3.05) is 6.54 Å². The first-order valence-electron chi connectivity index (χ1n) is 7.22. The average molecular weight is 277 g/mol. The van der Waals surface area contributed by atoms with Gasteiger partial charge < -0.3 is 4.90 Å². The molecule has 5 nitrogen and oxygen atoms in total. The maximum Gasteiger partial charge on any atom is 0.257 e. The van der Waals surface area contributed by atoms with Crippen molar-refractivity contribution in [1.29, 1.82) is 0 Å². The van der Waals surface area contributed by atoms with Crippen LogP contribution < -0.4 is 0 Å². The number of piperidine rings is 1. The standard InChI is InChI=1S/C15H23N3O2/c1-10(19)9-13-7-5-6-8-18(13)15(20)14-11(2)16-17(4)12(14)3/h13H,5-9H2,1-4H3. The number of aryl methyl sites for hydroxylation is 2. The number of ketones is 1. The van der Waals surface area contributed by atoms with Crippen molar-refractivity contribution in [1.82, 2.24) is 14.7 Å². The number of hydrogen-bond donors (Lipinski definition) is 0. The highest BCUT2D eigenvalue weighted by Crippen LogP contribution is 2.24. The molecular formula is C15H23N3O2. The molecule has 0 saturated carbocycles. The third-order valence-corrected chi connectivity index (χ3v) is 4.13. The maximum absolute atomic E-state index is 12.8. The van der Waals surface area contributed by atoms with Gasteiger partial charge in [0.1, 0.15) is 5.78 Å². The van der Waals surface area contributed by atoms with Crippen LogP contribution in [-0.2, 0) is 11.8 Å². The van der Waals surface area contributed by atoms with E-state index in [-0.39, 0.29) is 17.7 Å². The van der Waals surface area contributed by atoms with Crippen molar-refractivity contribution in [3.63, 3.8) is 0 Å². The number of rotatable bonds is 3. The van der Waals surface area contributed by atoms with Crippen molar-refractivity contribution < 1.29 is 9.59 Å². The minimum absolute atomic E-state index is 0.0269. The van der Waals surface area contributed by atoms with E-state index in [1.165, 1.54) is 0 Å². The van der Waals surface area contributed by atoms with E-state index in [4.69, 9.17) is 0 Å². The summed E-state index contributed by atoms with van der Waals surface area (Å²) in [5, 5.41) is 4.31. The molecule has 20 heavy (non-hydrogen) atoms. The Labute approximate surface area is 119 Å². The molecule has 1 amide bonds. The molecule has 0 bridgehead atoms. The summed E-state index contributed by atoms with van der Waals surface area (Å²) in [6.07, 6.45) is 3.49. The van der Waals surface area contributed by atoms with E-state index in [9.17, 15) is 9.59 Å². The number of nitrogens with zero attached hydrogens (tertiary/aromatic N) is 3. The fourth-order valence-corrected chi connectivity index (χ4v) is 3.04. The first-order chi connectivity index (χ1) is 9.41. The Bertz CT molecular complexity index is 533. The van der Waals surface area contributed by atoms with Gasteiger partial charge in [0.15, 0.2) is 0 Å². The predicted molar refractivity (Wildman–Crippen MR) is 76.7 cm³/mol. The Hall–Kier alpha value is -1.65. The van der Waals surface area contributed by atoms with E-state index in [1.807, 2.05) is 25.8 Å². The van der Waals surface area contributed by atoms with Gasteiger partial charge in [-0.15, -0.1) is 0 Å². The molecular weight excluding hydrogens is 254 g/mol. The van der Waals surface area contributed by atoms with Crippen LogP contribution in [0.2, 0.25) is 0 Å². The highest BCUT2D eigenvalue weighted by atomic mass is 16.2. The van der Waals surface area contributed by atoms with E-state index < -0.39 is 0 Å². The number of likely N-dealkylation sites (tertiary alicyclic amines) is 1. The highest BCUT2D eigenvalue weighted by molar-refractivity contribution is 5.97. The Kier molecular flexibility index (Phi) is 4.26. The summed E-state index contributed by atoms with van der Waals surface area (Å²) in [6, 6.07) is 0.0488. The van der Waals surface area contributed by atoms with Gasteiger partial charge in [-0.1, -0.05) is 0 Å². The molecule has 1 saturated heterocycles. The largest absolute Gasteiger partial charge is 0.335 e. The maximum atomic E-state index is 12.8. The normalized spacial score (nSPS) is 19.2. The summed E-state index contributed by atoms with van der Waals surface area (Å²) in [5.41, 5.74) is 2.35. The molecule has 0 radical (unpaired) electrons. The number of Topliss-reactive ketones (excluding diaryl/α,β-unsaturated/α-hetero) is 1.